The number of imidazole rings is 1. The minimum atomic E-state index is -0.479. The van der Waals surface area contributed by atoms with Crippen LogP contribution in [0.3, 0.4) is 0 Å². The van der Waals surface area contributed by atoms with Crippen molar-refractivity contribution in [3.63, 3.8) is 0 Å². The monoisotopic (exact) mass is 223 g/mol. The summed E-state index contributed by atoms with van der Waals surface area (Å²) in [4.78, 5) is 26.4. The van der Waals surface area contributed by atoms with Crippen LogP contribution < -0.4 is 5.32 Å². The number of Topliss-reactive ketones (excluding diaryl/α,β-unsaturated/α-hetero) is 1. The lowest BCUT2D eigenvalue weighted by atomic mass is 9.98. The van der Waals surface area contributed by atoms with E-state index in [0.717, 1.165) is 5.69 Å². The number of rotatable bonds is 6. The number of nitrogens with zero attached hydrogens (tertiary/aromatic N) is 2. The fraction of sp³-hybridized carbons (Fsp3) is 0.545. The van der Waals surface area contributed by atoms with Crippen molar-refractivity contribution in [3.8, 4) is 0 Å². The van der Waals surface area contributed by atoms with Crippen molar-refractivity contribution in [2.75, 3.05) is 0 Å². The molecular weight excluding hydrogens is 206 g/mol. The highest BCUT2D eigenvalue weighted by atomic mass is 16.1. The Balaban J connectivity index is 2.71. The van der Waals surface area contributed by atoms with Crippen LogP contribution in [0.15, 0.2) is 12.5 Å². The molecule has 0 fully saturated rings. The molecule has 1 aromatic heterocycles. The molecule has 16 heavy (non-hydrogen) atoms. The molecule has 0 radical (unpaired) electrons. The second-order valence-corrected chi connectivity index (χ2v) is 4.13. The van der Waals surface area contributed by atoms with Crippen LogP contribution in [0.1, 0.15) is 19.5 Å². The highest BCUT2D eigenvalue weighted by Crippen LogP contribution is 2.06. The van der Waals surface area contributed by atoms with E-state index >= 15 is 0 Å². The van der Waals surface area contributed by atoms with Gasteiger partial charge in [0.15, 0.2) is 5.78 Å². The smallest absolute Gasteiger partial charge is 0.207 e. The van der Waals surface area contributed by atoms with E-state index in [0.29, 0.717) is 12.8 Å². The molecule has 0 aliphatic carbocycles. The van der Waals surface area contributed by atoms with Crippen molar-refractivity contribution in [1.29, 1.82) is 0 Å². The maximum absolute atomic E-state index is 11.8. The van der Waals surface area contributed by atoms with Crippen LogP contribution in [0.4, 0.5) is 0 Å². The van der Waals surface area contributed by atoms with Gasteiger partial charge < -0.3 is 9.88 Å². The van der Waals surface area contributed by atoms with Crippen molar-refractivity contribution < 1.29 is 9.59 Å². The average molecular weight is 223 g/mol. The molecule has 5 nitrogen and oxygen atoms in total. The third-order valence-corrected chi connectivity index (χ3v) is 2.35. The topological polar surface area (TPSA) is 64.0 Å². The average Bonchev–Trinajstić information content (AvgIpc) is 2.62. The molecular formula is C11H17N3O2. The highest BCUT2D eigenvalue weighted by Gasteiger charge is 2.21. The van der Waals surface area contributed by atoms with Gasteiger partial charge in [-0.1, -0.05) is 13.8 Å². The number of carbonyl (C=O) groups is 2. The molecule has 0 saturated carbocycles. The molecule has 0 unspecified atom stereocenters. The van der Waals surface area contributed by atoms with Crippen molar-refractivity contribution in [2.45, 2.75) is 26.3 Å². The van der Waals surface area contributed by atoms with Gasteiger partial charge in [-0.15, -0.1) is 0 Å². The van der Waals surface area contributed by atoms with Gasteiger partial charge in [-0.2, -0.15) is 0 Å². The zero-order valence-electron chi connectivity index (χ0n) is 9.80. The van der Waals surface area contributed by atoms with E-state index in [-0.39, 0.29) is 11.7 Å². The summed E-state index contributed by atoms with van der Waals surface area (Å²) in [6.07, 6.45) is 4.52. The number of ketones is 1. The molecule has 0 aromatic carbocycles. The molecule has 1 atom stereocenters. The van der Waals surface area contributed by atoms with Gasteiger partial charge in [0.25, 0.3) is 0 Å². The van der Waals surface area contributed by atoms with E-state index in [1.807, 2.05) is 31.7 Å². The Labute approximate surface area is 94.9 Å². The minimum Gasteiger partial charge on any atom is -0.348 e. The van der Waals surface area contributed by atoms with Crippen LogP contribution in [0, 0.1) is 5.92 Å². The fourth-order valence-electron chi connectivity index (χ4n) is 1.51. The Hall–Kier alpha value is -1.65. The van der Waals surface area contributed by atoms with Gasteiger partial charge in [0.2, 0.25) is 6.41 Å². The number of aromatic nitrogens is 2. The van der Waals surface area contributed by atoms with E-state index in [1.165, 1.54) is 0 Å². The van der Waals surface area contributed by atoms with Gasteiger partial charge in [0.1, 0.15) is 0 Å². The Bertz CT molecular complexity index is 371. The standard InChI is InChI=1S/C11H17N3O2/c1-8(2)11(16)10(13-7-15)4-9-5-14(3)6-12-9/h5-8,10H,4H2,1-3H3,(H,13,15)/t10-/m0/s1. The maximum Gasteiger partial charge on any atom is 0.207 e. The van der Waals surface area contributed by atoms with Crippen LogP contribution >= 0.6 is 0 Å². The van der Waals surface area contributed by atoms with E-state index in [2.05, 4.69) is 10.3 Å². The molecule has 1 N–H and O–H groups in total. The molecule has 0 bridgehead atoms. The molecule has 1 heterocycles. The molecule has 0 saturated heterocycles. The summed E-state index contributed by atoms with van der Waals surface area (Å²) < 4.78 is 1.81. The summed E-state index contributed by atoms with van der Waals surface area (Å²) in [6, 6.07) is -0.479. The summed E-state index contributed by atoms with van der Waals surface area (Å²) in [5.74, 6) is -0.0704. The molecule has 1 rings (SSSR count). The third kappa shape index (κ3) is 3.18. The van der Waals surface area contributed by atoms with Crippen LogP contribution in [-0.4, -0.2) is 27.8 Å². The Morgan fingerprint density at radius 3 is 2.75 bits per heavy atom. The lowest BCUT2D eigenvalue weighted by Gasteiger charge is -2.15. The Morgan fingerprint density at radius 1 is 1.62 bits per heavy atom. The number of hydrogen-bond donors (Lipinski definition) is 1. The summed E-state index contributed by atoms with van der Waals surface area (Å²) in [6.45, 7) is 3.64. The first-order valence-electron chi connectivity index (χ1n) is 5.25. The molecule has 1 aromatic rings. The number of amides is 1. The summed E-state index contributed by atoms with van der Waals surface area (Å²) >= 11 is 0. The summed E-state index contributed by atoms with van der Waals surface area (Å²) in [7, 11) is 1.86. The maximum atomic E-state index is 11.8. The Kier molecular flexibility index (Phi) is 4.22. The van der Waals surface area contributed by atoms with Gasteiger partial charge in [-0.05, 0) is 0 Å². The van der Waals surface area contributed by atoms with Gasteiger partial charge in [-0.3, -0.25) is 9.59 Å². The van der Waals surface area contributed by atoms with Gasteiger partial charge in [0.05, 0.1) is 18.1 Å². The second kappa shape index (κ2) is 5.44. The van der Waals surface area contributed by atoms with Crippen LogP contribution in [0.25, 0.3) is 0 Å². The van der Waals surface area contributed by atoms with Crippen molar-refractivity contribution in [2.24, 2.45) is 13.0 Å². The molecule has 0 spiro atoms. The van der Waals surface area contributed by atoms with E-state index < -0.39 is 6.04 Å². The van der Waals surface area contributed by atoms with Crippen LogP contribution in [0.2, 0.25) is 0 Å². The van der Waals surface area contributed by atoms with E-state index in [1.54, 1.807) is 6.33 Å². The molecule has 0 aliphatic rings. The van der Waals surface area contributed by atoms with E-state index in [4.69, 9.17) is 0 Å². The fourth-order valence-corrected chi connectivity index (χ4v) is 1.51. The van der Waals surface area contributed by atoms with Crippen LogP contribution in [0.5, 0.6) is 0 Å². The molecule has 0 aliphatic heterocycles. The SMILES string of the molecule is CC(C)C(=O)[C@H](Cc1cn(C)cn1)NC=O. The Morgan fingerprint density at radius 2 is 2.31 bits per heavy atom. The number of aryl methyl sites for hydroxylation is 1. The third-order valence-electron chi connectivity index (χ3n) is 2.35. The van der Waals surface area contributed by atoms with Crippen LogP contribution in [-0.2, 0) is 23.1 Å². The zero-order valence-corrected chi connectivity index (χ0v) is 9.80. The number of nitrogens with one attached hydrogen (secondary N) is 1. The minimum absolute atomic E-state index is 0.0257. The first kappa shape index (κ1) is 12.4. The van der Waals surface area contributed by atoms with Crippen molar-refractivity contribution in [1.82, 2.24) is 14.9 Å². The lowest BCUT2D eigenvalue weighted by molar-refractivity contribution is -0.126. The summed E-state index contributed by atoms with van der Waals surface area (Å²) in [5.41, 5.74) is 0.802. The quantitative estimate of drug-likeness (QED) is 0.706. The highest BCUT2D eigenvalue weighted by molar-refractivity contribution is 5.87. The number of carbonyl (C=O) groups excluding carboxylic acids is 2. The molecule has 1 amide bonds. The van der Waals surface area contributed by atoms with Crippen molar-refractivity contribution >= 4 is 12.2 Å². The lowest BCUT2D eigenvalue weighted by Crippen LogP contribution is -2.40. The predicted octanol–water partition coefficient (Wildman–Crippen LogP) is 0.302. The first-order valence-corrected chi connectivity index (χ1v) is 5.25. The van der Waals surface area contributed by atoms with Gasteiger partial charge in [-0.25, -0.2) is 4.98 Å². The molecule has 5 heteroatoms. The predicted molar refractivity (Wildman–Crippen MR) is 59.7 cm³/mol. The largest absolute Gasteiger partial charge is 0.348 e. The first-order chi connectivity index (χ1) is 7.54. The summed E-state index contributed by atoms with van der Waals surface area (Å²) in [5, 5.41) is 2.54. The van der Waals surface area contributed by atoms with Gasteiger partial charge >= 0.3 is 0 Å². The molecule has 88 valence electrons. The van der Waals surface area contributed by atoms with Gasteiger partial charge in [0, 0.05) is 25.6 Å². The van der Waals surface area contributed by atoms with Crippen molar-refractivity contribution in [3.05, 3.63) is 18.2 Å². The van der Waals surface area contributed by atoms with E-state index in [9.17, 15) is 9.59 Å². The zero-order chi connectivity index (χ0) is 12.1. The normalized spacial score (nSPS) is 12.5. The second-order valence-electron chi connectivity index (χ2n) is 4.13. The number of hydrogen-bond acceptors (Lipinski definition) is 3.